The van der Waals surface area contributed by atoms with Crippen LogP contribution in [0.1, 0.15) is 12.8 Å². The van der Waals surface area contributed by atoms with Crippen LogP contribution in [0.4, 0.5) is 5.82 Å². The molecule has 0 saturated heterocycles. The second-order valence-corrected chi connectivity index (χ2v) is 4.19. The molecule has 0 aliphatic heterocycles. The van der Waals surface area contributed by atoms with E-state index in [9.17, 15) is 0 Å². The molecule has 1 fully saturated rings. The maximum absolute atomic E-state index is 4.25. The van der Waals surface area contributed by atoms with Crippen LogP contribution in [-0.4, -0.2) is 16.0 Å². The van der Waals surface area contributed by atoms with Gasteiger partial charge in [0.25, 0.3) is 0 Å². The van der Waals surface area contributed by atoms with E-state index in [-0.39, 0.29) is 0 Å². The van der Waals surface area contributed by atoms with E-state index in [4.69, 9.17) is 0 Å². The van der Waals surface area contributed by atoms with E-state index in [0.29, 0.717) is 6.04 Å². The Bertz CT molecular complexity index is 433. The van der Waals surface area contributed by atoms with Crippen molar-refractivity contribution < 1.29 is 0 Å². The molecule has 66 valence electrons. The molecule has 1 aliphatic rings. The van der Waals surface area contributed by atoms with Gasteiger partial charge in [0.1, 0.15) is 12.1 Å². The molecule has 4 heteroatoms. The number of thiophene rings is 1. The van der Waals surface area contributed by atoms with Crippen LogP contribution in [0, 0.1) is 0 Å². The number of hydrogen-bond acceptors (Lipinski definition) is 4. The molecule has 0 atom stereocenters. The number of aromatic nitrogens is 2. The molecule has 0 aromatic carbocycles. The number of nitrogens with zero attached hydrogens (tertiary/aromatic N) is 2. The molecule has 0 spiro atoms. The molecule has 0 unspecified atom stereocenters. The van der Waals surface area contributed by atoms with E-state index in [1.807, 2.05) is 6.07 Å². The molecular weight excluding hydrogens is 182 g/mol. The highest BCUT2D eigenvalue weighted by atomic mass is 32.1. The van der Waals surface area contributed by atoms with Gasteiger partial charge >= 0.3 is 0 Å². The minimum absolute atomic E-state index is 0.653. The Morgan fingerprint density at radius 1 is 1.38 bits per heavy atom. The predicted octanol–water partition coefficient (Wildman–Crippen LogP) is 2.27. The maximum Gasteiger partial charge on any atom is 0.147 e. The van der Waals surface area contributed by atoms with Crippen molar-refractivity contribution in [3.63, 3.8) is 0 Å². The summed E-state index contributed by atoms with van der Waals surface area (Å²) in [6, 6.07) is 2.68. The van der Waals surface area contributed by atoms with Crippen molar-refractivity contribution in [3.8, 4) is 0 Å². The molecule has 1 aliphatic carbocycles. The summed E-state index contributed by atoms with van der Waals surface area (Å²) in [7, 11) is 0. The van der Waals surface area contributed by atoms with Crippen LogP contribution in [0.15, 0.2) is 17.8 Å². The molecule has 13 heavy (non-hydrogen) atoms. The van der Waals surface area contributed by atoms with Crippen molar-refractivity contribution in [3.05, 3.63) is 17.8 Å². The molecule has 3 nitrogen and oxygen atoms in total. The zero-order chi connectivity index (χ0) is 8.67. The predicted molar refractivity (Wildman–Crippen MR) is 54.1 cm³/mol. The zero-order valence-corrected chi connectivity index (χ0v) is 7.84. The van der Waals surface area contributed by atoms with Crippen molar-refractivity contribution in [2.24, 2.45) is 0 Å². The van der Waals surface area contributed by atoms with E-state index in [1.54, 1.807) is 17.7 Å². The molecule has 0 radical (unpaired) electrons. The first kappa shape index (κ1) is 7.26. The molecule has 3 rings (SSSR count). The second kappa shape index (κ2) is 2.67. The second-order valence-electron chi connectivity index (χ2n) is 3.28. The zero-order valence-electron chi connectivity index (χ0n) is 7.03. The van der Waals surface area contributed by atoms with Crippen LogP contribution in [0.3, 0.4) is 0 Å². The van der Waals surface area contributed by atoms with Crippen LogP contribution in [0.25, 0.3) is 10.2 Å². The Morgan fingerprint density at radius 2 is 2.31 bits per heavy atom. The van der Waals surface area contributed by atoms with E-state index < -0.39 is 0 Å². The van der Waals surface area contributed by atoms with Crippen molar-refractivity contribution in [1.29, 1.82) is 0 Å². The smallest absolute Gasteiger partial charge is 0.147 e. The Morgan fingerprint density at radius 3 is 3.15 bits per heavy atom. The fourth-order valence-corrected chi connectivity index (χ4v) is 2.11. The van der Waals surface area contributed by atoms with Gasteiger partial charge in [-0.25, -0.2) is 9.97 Å². The fraction of sp³-hybridized carbons (Fsp3) is 0.333. The Balaban J connectivity index is 2.09. The van der Waals surface area contributed by atoms with Crippen LogP contribution >= 0.6 is 11.3 Å². The Labute approximate surface area is 79.8 Å². The first-order chi connectivity index (χ1) is 6.43. The lowest BCUT2D eigenvalue weighted by Crippen LogP contribution is -2.02. The third-order valence-corrected chi connectivity index (χ3v) is 3.07. The molecule has 2 heterocycles. The molecular formula is C9H9N3S. The molecule has 2 aromatic rings. The number of fused-ring (bicyclic) bond motifs is 1. The quantitative estimate of drug-likeness (QED) is 0.791. The highest BCUT2D eigenvalue weighted by Crippen LogP contribution is 2.29. The summed E-state index contributed by atoms with van der Waals surface area (Å²) in [5.74, 6) is 1.00. The third kappa shape index (κ3) is 1.27. The molecule has 1 N–H and O–H groups in total. The minimum atomic E-state index is 0.653. The highest BCUT2D eigenvalue weighted by molar-refractivity contribution is 7.17. The average molecular weight is 191 g/mol. The van der Waals surface area contributed by atoms with Gasteiger partial charge in [-0.2, -0.15) is 0 Å². The number of nitrogens with one attached hydrogen (secondary N) is 1. The normalized spacial score (nSPS) is 16.3. The summed E-state index contributed by atoms with van der Waals surface area (Å²) in [5.41, 5.74) is 1.04. The third-order valence-electron chi connectivity index (χ3n) is 2.16. The molecule has 0 bridgehead atoms. The topological polar surface area (TPSA) is 37.8 Å². The highest BCUT2D eigenvalue weighted by Gasteiger charge is 2.22. The van der Waals surface area contributed by atoms with Gasteiger partial charge in [-0.3, -0.25) is 0 Å². The minimum Gasteiger partial charge on any atom is -0.366 e. The van der Waals surface area contributed by atoms with E-state index in [2.05, 4.69) is 20.7 Å². The van der Waals surface area contributed by atoms with Crippen LogP contribution in [0.5, 0.6) is 0 Å². The van der Waals surface area contributed by atoms with Gasteiger partial charge in [0, 0.05) is 6.04 Å². The van der Waals surface area contributed by atoms with E-state index in [1.165, 1.54) is 17.5 Å². The SMILES string of the molecule is c1nc(NC2CC2)c2sccc2n1. The summed E-state index contributed by atoms with van der Waals surface area (Å²) in [6.45, 7) is 0. The lowest BCUT2D eigenvalue weighted by Gasteiger charge is -2.02. The summed E-state index contributed by atoms with van der Waals surface area (Å²) >= 11 is 1.70. The number of anilines is 1. The standard InChI is InChI=1S/C9H9N3S/c1-2-6(1)12-9-8-7(3-4-13-8)10-5-11-9/h3-6H,1-2H2,(H,10,11,12). The summed E-state index contributed by atoms with van der Waals surface area (Å²) in [5, 5.41) is 5.46. The van der Waals surface area contributed by atoms with Crippen molar-refractivity contribution in [2.75, 3.05) is 5.32 Å². The van der Waals surface area contributed by atoms with Gasteiger partial charge in [0.05, 0.1) is 10.2 Å². The largest absolute Gasteiger partial charge is 0.366 e. The van der Waals surface area contributed by atoms with Gasteiger partial charge in [-0.05, 0) is 24.3 Å². The Hall–Kier alpha value is -1.16. The van der Waals surface area contributed by atoms with Crippen LogP contribution < -0.4 is 5.32 Å². The van der Waals surface area contributed by atoms with E-state index >= 15 is 0 Å². The Kier molecular flexibility index (Phi) is 1.49. The first-order valence-corrected chi connectivity index (χ1v) is 5.26. The van der Waals surface area contributed by atoms with Gasteiger partial charge in [-0.15, -0.1) is 11.3 Å². The monoisotopic (exact) mass is 191 g/mol. The van der Waals surface area contributed by atoms with Crippen molar-refractivity contribution >= 4 is 27.4 Å². The molecule has 2 aromatic heterocycles. The van der Waals surface area contributed by atoms with Gasteiger partial charge in [0.15, 0.2) is 0 Å². The lowest BCUT2D eigenvalue weighted by atomic mass is 10.4. The first-order valence-electron chi connectivity index (χ1n) is 4.38. The van der Waals surface area contributed by atoms with Gasteiger partial charge in [0.2, 0.25) is 0 Å². The van der Waals surface area contributed by atoms with Crippen molar-refractivity contribution in [2.45, 2.75) is 18.9 Å². The lowest BCUT2D eigenvalue weighted by molar-refractivity contribution is 1.11. The van der Waals surface area contributed by atoms with Gasteiger partial charge in [-0.1, -0.05) is 0 Å². The summed E-state index contributed by atoms with van der Waals surface area (Å²) < 4.78 is 1.18. The van der Waals surface area contributed by atoms with Crippen LogP contribution in [-0.2, 0) is 0 Å². The van der Waals surface area contributed by atoms with Gasteiger partial charge < -0.3 is 5.32 Å². The fourth-order valence-electron chi connectivity index (χ4n) is 1.31. The maximum atomic E-state index is 4.25. The number of hydrogen-bond donors (Lipinski definition) is 1. The summed E-state index contributed by atoms with van der Waals surface area (Å²) in [6.07, 6.45) is 4.17. The average Bonchev–Trinajstić information content (AvgIpc) is 2.83. The molecule has 1 saturated carbocycles. The number of rotatable bonds is 2. The van der Waals surface area contributed by atoms with Crippen LogP contribution in [0.2, 0.25) is 0 Å². The molecule has 0 amide bonds. The summed E-state index contributed by atoms with van der Waals surface area (Å²) in [4.78, 5) is 8.44. The van der Waals surface area contributed by atoms with E-state index in [0.717, 1.165) is 11.3 Å². The van der Waals surface area contributed by atoms with Crippen molar-refractivity contribution in [1.82, 2.24) is 9.97 Å².